The van der Waals surface area contributed by atoms with Gasteiger partial charge < -0.3 is 10.2 Å². The largest absolute Gasteiger partial charge is 0.390 e. The Kier molecular flexibility index (Phi) is 2.64. The number of aliphatic hydroxyl groups is 2. The van der Waals surface area contributed by atoms with E-state index < -0.39 is 11.7 Å². The maximum Gasteiger partial charge on any atom is 0.0880 e. The molecular weight excluding hydrogens is 212 g/mol. The third-order valence-electron chi connectivity index (χ3n) is 5.82. The van der Waals surface area contributed by atoms with E-state index in [2.05, 4.69) is 12.7 Å². The van der Waals surface area contributed by atoms with Crippen molar-refractivity contribution >= 4 is 0 Å². The van der Waals surface area contributed by atoms with Crippen molar-refractivity contribution in [2.45, 2.75) is 50.7 Å². The molecule has 0 radical (unpaired) electrons. The quantitative estimate of drug-likeness (QED) is 0.723. The Labute approximate surface area is 104 Å². The summed E-state index contributed by atoms with van der Waals surface area (Å²) in [6.07, 6.45) is 6.95. The number of hydrogen-bond donors (Lipinski definition) is 2. The van der Waals surface area contributed by atoms with Crippen LogP contribution in [0.4, 0.5) is 0 Å². The molecule has 0 heterocycles. The zero-order valence-corrected chi connectivity index (χ0v) is 10.7. The van der Waals surface area contributed by atoms with Crippen molar-refractivity contribution in [1.29, 1.82) is 0 Å². The molecule has 2 bridgehead atoms. The van der Waals surface area contributed by atoms with E-state index in [1.165, 1.54) is 12.8 Å². The zero-order valence-electron chi connectivity index (χ0n) is 10.7. The first kappa shape index (κ1) is 11.7. The van der Waals surface area contributed by atoms with Crippen molar-refractivity contribution in [1.82, 2.24) is 0 Å². The molecule has 2 nitrogen and oxygen atoms in total. The lowest BCUT2D eigenvalue weighted by Crippen LogP contribution is -2.50. The maximum absolute atomic E-state index is 10.3. The average Bonchev–Trinajstić information content (AvgIpc) is 2.78. The van der Waals surface area contributed by atoms with E-state index in [1.807, 2.05) is 6.92 Å². The summed E-state index contributed by atoms with van der Waals surface area (Å²) in [5.41, 5.74) is -0.857. The lowest BCUT2D eigenvalue weighted by atomic mass is 9.62. The molecular formula is C15H24O2. The van der Waals surface area contributed by atoms with Gasteiger partial charge in [-0.3, -0.25) is 0 Å². The average molecular weight is 236 g/mol. The van der Waals surface area contributed by atoms with Gasteiger partial charge in [-0.15, -0.1) is 6.58 Å². The molecule has 2 heteroatoms. The lowest BCUT2D eigenvalue weighted by Gasteiger charge is -2.46. The molecule has 2 N–H and O–H groups in total. The monoisotopic (exact) mass is 236 g/mol. The number of fused-ring (bicyclic) bond motifs is 5. The van der Waals surface area contributed by atoms with Gasteiger partial charge in [0.1, 0.15) is 0 Å². The first-order valence-electron chi connectivity index (χ1n) is 7.04. The van der Waals surface area contributed by atoms with Gasteiger partial charge in [-0.1, -0.05) is 6.08 Å². The predicted octanol–water partition coefficient (Wildman–Crippen LogP) is 2.36. The second-order valence-electron chi connectivity index (χ2n) is 6.82. The summed E-state index contributed by atoms with van der Waals surface area (Å²) in [4.78, 5) is 0. The molecule has 0 amide bonds. The van der Waals surface area contributed by atoms with Crippen molar-refractivity contribution in [3.63, 3.8) is 0 Å². The maximum atomic E-state index is 10.3. The number of hydrogen-bond acceptors (Lipinski definition) is 2. The predicted molar refractivity (Wildman–Crippen MR) is 67.4 cm³/mol. The summed E-state index contributed by atoms with van der Waals surface area (Å²) in [6.45, 7) is 5.67. The van der Waals surface area contributed by atoms with Gasteiger partial charge >= 0.3 is 0 Å². The van der Waals surface area contributed by atoms with Crippen LogP contribution in [0.2, 0.25) is 0 Å². The fraction of sp³-hybridized carbons (Fsp3) is 0.867. The van der Waals surface area contributed by atoms with E-state index in [-0.39, 0.29) is 0 Å². The zero-order chi connectivity index (χ0) is 12.2. The summed E-state index contributed by atoms with van der Waals surface area (Å²) in [7, 11) is 0. The SMILES string of the molecule is C=CCC1CC2CC1C1CC(C)(O)C(O)CC21. The van der Waals surface area contributed by atoms with Crippen molar-refractivity contribution in [2.24, 2.45) is 29.6 Å². The van der Waals surface area contributed by atoms with Crippen LogP contribution in [0.5, 0.6) is 0 Å². The molecule has 17 heavy (non-hydrogen) atoms. The molecule has 7 atom stereocenters. The lowest BCUT2D eigenvalue weighted by molar-refractivity contribution is -0.129. The third kappa shape index (κ3) is 1.68. The summed E-state index contributed by atoms with van der Waals surface area (Å²) in [6, 6.07) is 0. The van der Waals surface area contributed by atoms with Crippen molar-refractivity contribution < 1.29 is 10.2 Å². The Balaban J connectivity index is 1.78. The highest BCUT2D eigenvalue weighted by molar-refractivity contribution is 5.07. The summed E-state index contributed by atoms with van der Waals surface area (Å²) in [5.74, 6) is 3.71. The van der Waals surface area contributed by atoms with Crippen LogP contribution in [0.15, 0.2) is 12.7 Å². The van der Waals surface area contributed by atoms with Crippen LogP contribution in [-0.4, -0.2) is 21.9 Å². The third-order valence-corrected chi connectivity index (χ3v) is 5.82. The normalized spacial score (nSPS) is 56.9. The molecule has 3 rings (SSSR count). The van der Waals surface area contributed by atoms with Gasteiger partial charge in [0.05, 0.1) is 11.7 Å². The minimum atomic E-state index is -0.857. The van der Waals surface area contributed by atoms with Crippen LogP contribution in [-0.2, 0) is 0 Å². The minimum Gasteiger partial charge on any atom is -0.390 e. The highest BCUT2D eigenvalue weighted by atomic mass is 16.3. The van der Waals surface area contributed by atoms with Crippen LogP contribution in [0.1, 0.15) is 39.0 Å². The Morgan fingerprint density at radius 2 is 2.00 bits per heavy atom. The van der Waals surface area contributed by atoms with Crippen molar-refractivity contribution in [3.8, 4) is 0 Å². The smallest absolute Gasteiger partial charge is 0.0880 e. The Morgan fingerprint density at radius 3 is 2.71 bits per heavy atom. The Hall–Kier alpha value is -0.340. The van der Waals surface area contributed by atoms with Gasteiger partial charge in [-0.2, -0.15) is 0 Å². The first-order chi connectivity index (χ1) is 8.03. The standard InChI is InChI=1S/C15H24O2/c1-3-4-9-5-10-6-11(9)13-8-15(2,17)14(16)7-12(10)13/h3,9-14,16-17H,1,4-8H2,2H3. The van der Waals surface area contributed by atoms with Crippen LogP contribution < -0.4 is 0 Å². The first-order valence-corrected chi connectivity index (χ1v) is 7.04. The summed E-state index contributed by atoms with van der Waals surface area (Å²) < 4.78 is 0. The summed E-state index contributed by atoms with van der Waals surface area (Å²) in [5, 5.41) is 20.3. The Bertz CT molecular complexity index is 323. The Morgan fingerprint density at radius 1 is 1.24 bits per heavy atom. The molecule has 7 unspecified atom stereocenters. The molecule has 0 aromatic carbocycles. The number of rotatable bonds is 2. The van der Waals surface area contributed by atoms with E-state index in [0.29, 0.717) is 11.8 Å². The molecule has 3 aliphatic carbocycles. The second kappa shape index (κ2) is 3.83. The van der Waals surface area contributed by atoms with Gasteiger partial charge in [0.25, 0.3) is 0 Å². The summed E-state index contributed by atoms with van der Waals surface area (Å²) >= 11 is 0. The van der Waals surface area contributed by atoms with E-state index in [0.717, 1.165) is 37.0 Å². The van der Waals surface area contributed by atoms with Crippen LogP contribution in [0, 0.1) is 29.6 Å². The highest BCUT2D eigenvalue weighted by Gasteiger charge is 2.57. The van der Waals surface area contributed by atoms with E-state index in [4.69, 9.17) is 0 Å². The number of aliphatic hydroxyl groups excluding tert-OH is 1. The van der Waals surface area contributed by atoms with Crippen molar-refractivity contribution in [2.75, 3.05) is 0 Å². The fourth-order valence-corrected chi connectivity index (χ4v) is 5.02. The van der Waals surface area contributed by atoms with E-state index >= 15 is 0 Å². The molecule has 0 aliphatic heterocycles. The minimum absolute atomic E-state index is 0.513. The van der Waals surface area contributed by atoms with E-state index in [9.17, 15) is 10.2 Å². The molecule has 3 fully saturated rings. The molecule has 3 aliphatic rings. The highest BCUT2D eigenvalue weighted by Crippen LogP contribution is 2.61. The van der Waals surface area contributed by atoms with Gasteiger partial charge in [0.15, 0.2) is 0 Å². The van der Waals surface area contributed by atoms with Crippen LogP contribution in [0.25, 0.3) is 0 Å². The van der Waals surface area contributed by atoms with Gasteiger partial charge in [-0.25, -0.2) is 0 Å². The number of allylic oxidation sites excluding steroid dienone is 1. The topological polar surface area (TPSA) is 40.5 Å². The molecule has 0 saturated heterocycles. The van der Waals surface area contributed by atoms with Crippen LogP contribution in [0.3, 0.4) is 0 Å². The van der Waals surface area contributed by atoms with E-state index in [1.54, 1.807) is 0 Å². The molecule has 3 saturated carbocycles. The molecule has 0 spiro atoms. The van der Waals surface area contributed by atoms with Crippen LogP contribution >= 0.6 is 0 Å². The molecule has 96 valence electrons. The van der Waals surface area contributed by atoms with Gasteiger partial charge in [0, 0.05) is 0 Å². The molecule has 0 aromatic heterocycles. The second-order valence-corrected chi connectivity index (χ2v) is 6.82. The van der Waals surface area contributed by atoms with Gasteiger partial charge in [-0.05, 0) is 68.6 Å². The fourth-order valence-electron chi connectivity index (χ4n) is 5.02. The molecule has 0 aromatic rings. The van der Waals surface area contributed by atoms with Gasteiger partial charge in [0.2, 0.25) is 0 Å². The van der Waals surface area contributed by atoms with Crippen molar-refractivity contribution in [3.05, 3.63) is 12.7 Å².